The van der Waals surface area contributed by atoms with Crippen LogP contribution >= 0.6 is 0 Å². The molecule has 0 saturated carbocycles. The van der Waals surface area contributed by atoms with Crippen molar-refractivity contribution in [2.24, 2.45) is 0 Å². The smallest absolute Gasteiger partial charge is 0.123 e. The fraction of sp³-hybridized carbons (Fsp3) is 0.235. The third-order valence-electron chi connectivity index (χ3n) is 3.84. The zero-order chi connectivity index (χ0) is 14.3. The topological polar surface area (TPSA) is 54.7 Å². The molecule has 3 rings (SSSR count). The van der Waals surface area contributed by atoms with Gasteiger partial charge >= 0.3 is 0 Å². The molecule has 2 heterocycles. The lowest BCUT2D eigenvalue weighted by Gasteiger charge is -2.13. The summed E-state index contributed by atoms with van der Waals surface area (Å²) >= 11 is 0. The normalized spacial score (nSPS) is 11.2. The van der Waals surface area contributed by atoms with E-state index in [1.54, 1.807) is 0 Å². The zero-order valence-corrected chi connectivity index (χ0v) is 12.1. The van der Waals surface area contributed by atoms with Gasteiger partial charge in [0.15, 0.2) is 0 Å². The van der Waals surface area contributed by atoms with Crippen molar-refractivity contribution in [3.63, 3.8) is 0 Å². The van der Waals surface area contributed by atoms with Crippen LogP contribution in [0.2, 0.25) is 0 Å². The number of anilines is 1. The monoisotopic (exact) mass is 265 g/mol. The van der Waals surface area contributed by atoms with E-state index in [4.69, 9.17) is 5.73 Å². The molecule has 0 spiro atoms. The predicted octanol–water partition coefficient (Wildman–Crippen LogP) is 3.99. The van der Waals surface area contributed by atoms with E-state index >= 15 is 0 Å². The van der Waals surface area contributed by atoms with Crippen LogP contribution in [0.25, 0.3) is 22.0 Å². The quantitative estimate of drug-likeness (QED) is 0.736. The second-order valence-electron chi connectivity index (χ2n) is 5.24. The lowest BCUT2D eigenvalue weighted by atomic mass is 9.95. The van der Waals surface area contributed by atoms with Gasteiger partial charge in [-0.3, -0.25) is 0 Å². The molecular weight excluding hydrogens is 246 g/mol. The Morgan fingerprint density at radius 3 is 2.75 bits per heavy atom. The average Bonchev–Trinajstić information content (AvgIpc) is 2.80. The second-order valence-corrected chi connectivity index (χ2v) is 5.24. The fourth-order valence-corrected chi connectivity index (χ4v) is 2.89. The van der Waals surface area contributed by atoms with Gasteiger partial charge in [0.05, 0.1) is 11.2 Å². The number of hydrogen-bond acceptors (Lipinski definition) is 2. The minimum Gasteiger partial charge on any atom is -0.384 e. The highest BCUT2D eigenvalue weighted by Gasteiger charge is 2.14. The Labute approximate surface area is 118 Å². The van der Waals surface area contributed by atoms with Crippen LogP contribution in [0, 0.1) is 13.8 Å². The number of nitrogens with one attached hydrogen (secondary N) is 1. The lowest BCUT2D eigenvalue weighted by molar-refractivity contribution is 1.04. The molecule has 0 fully saturated rings. The maximum atomic E-state index is 5.88. The van der Waals surface area contributed by atoms with Gasteiger partial charge in [-0.25, -0.2) is 4.98 Å². The summed E-state index contributed by atoms with van der Waals surface area (Å²) in [5, 5.41) is 1.26. The number of aryl methyl sites for hydroxylation is 3. The number of aromatic nitrogens is 2. The minimum atomic E-state index is 0.595. The molecule has 0 aliphatic carbocycles. The number of nitrogens with two attached hydrogens (primary N) is 1. The molecule has 0 aliphatic heterocycles. The number of hydrogen-bond donors (Lipinski definition) is 2. The van der Waals surface area contributed by atoms with Gasteiger partial charge in [-0.05, 0) is 37.5 Å². The van der Waals surface area contributed by atoms with Crippen LogP contribution in [0.5, 0.6) is 0 Å². The summed E-state index contributed by atoms with van der Waals surface area (Å²) in [5.41, 5.74) is 13.0. The Balaban J connectivity index is 2.36. The number of nitrogens with zero attached hydrogens (tertiary/aromatic N) is 1. The molecule has 0 unspecified atom stereocenters. The number of fused-ring (bicyclic) bond motifs is 1. The Kier molecular flexibility index (Phi) is 2.97. The molecule has 0 aliphatic rings. The summed E-state index contributed by atoms with van der Waals surface area (Å²) in [5.74, 6) is 0.595. The van der Waals surface area contributed by atoms with Crippen molar-refractivity contribution in [1.82, 2.24) is 9.97 Å². The first-order chi connectivity index (χ1) is 9.61. The van der Waals surface area contributed by atoms with Gasteiger partial charge < -0.3 is 10.7 Å². The number of nitrogen functional groups attached to an aromatic ring is 1. The molecule has 2 aromatic heterocycles. The Morgan fingerprint density at radius 2 is 2.00 bits per heavy atom. The highest BCUT2D eigenvalue weighted by Crippen LogP contribution is 2.34. The molecule has 102 valence electrons. The molecule has 1 aromatic carbocycles. The van der Waals surface area contributed by atoms with Crippen LogP contribution < -0.4 is 5.73 Å². The van der Waals surface area contributed by atoms with E-state index in [2.05, 4.69) is 55.1 Å². The summed E-state index contributed by atoms with van der Waals surface area (Å²) in [4.78, 5) is 7.90. The van der Waals surface area contributed by atoms with E-state index < -0.39 is 0 Å². The van der Waals surface area contributed by atoms with Crippen molar-refractivity contribution >= 4 is 16.7 Å². The number of H-pyrrole nitrogens is 1. The van der Waals surface area contributed by atoms with Crippen LogP contribution in [-0.4, -0.2) is 9.97 Å². The first kappa shape index (κ1) is 12.7. The minimum absolute atomic E-state index is 0.595. The summed E-state index contributed by atoms with van der Waals surface area (Å²) in [6.07, 6.45) is 2.93. The molecule has 20 heavy (non-hydrogen) atoms. The average molecular weight is 265 g/mol. The molecule has 0 atom stereocenters. The Hall–Kier alpha value is -2.29. The Bertz CT molecular complexity index is 784. The van der Waals surface area contributed by atoms with Crippen LogP contribution in [0.1, 0.15) is 23.7 Å². The molecule has 3 N–H and O–H groups in total. The van der Waals surface area contributed by atoms with Crippen LogP contribution in [-0.2, 0) is 6.42 Å². The lowest BCUT2D eigenvalue weighted by Crippen LogP contribution is -2.00. The molecule has 0 bridgehead atoms. The van der Waals surface area contributed by atoms with Crippen molar-refractivity contribution in [1.29, 1.82) is 0 Å². The van der Waals surface area contributed by atoms with Crippen LogP contribution in [0.4, 0.5) is 5.82 Å². The van der Waals surface area contributed by atoms with Gasteiger partial charge in [0.1, 0.15) is 5.82 Å². The van der Waals surface area contributed by atoms with Crippen molar-refractivity contribution < 1.29 is 0 Å². The highest BCUT2D eigenvalue weighted by molar-refractivity contribution is 5.97. The van der Waals surface area contributed by atoms with E-state index in [1.165, 1.54) is 33.2 Å². The number of rotatable bonds is 2. The molecule has 0 amide bonds. The van der Waals surface area contributed by atoms with Crippen molar-refractivity contribution in [2.45, 2.75) is 27.2 Å². The first-order valence-electron chi connectivity index (χ1n) is 6.95. The summed E-state index contributed by atoms with van der Waals surface area (Å²) in [6, 6.07) is 8.35. The third kappa shape index (κ3) is 1.86. The van der Waals surface area contributed by atoms with E-state index in [9.17, 15) is 0 Å². The van der Waals surface area contributed by atoms with E-state index in [1.807, 2.05) is 6.07 Å². The largest absolute Gasteiger partial charge is 0.384 e. The first-order valence-corrected chi connectivity index (χ1v) is 6.95. The van der Waals surface area contributed by atoms with Gasteiger partial charge in [-0.2, -0.15) is 0 Å². The maximum Gasteiger partial charge on any atom is 0.123 e. The molecule has 3 heteroatoms. The molecule has 0 radical (unpaired) electrons. The van der Waals surface area contributed by atoms with Crippen LogP contribution in [0.15, 0.2) is 30.5 Å². The van der Waals surface area contributed by atoms with E-state index in [0.717, 1.165) is 12.1 Å². The summed E-state index contributed by atoms with van der Waals surface area (Å²) < 4.78 is 0. The number of benzene rings is 1. The van der Waals surface area contributed by atoms with Crippen molar-refractivity contribution in [2.75, 3.05) is 5.73 Å². The summed E-state index contributed by atoms with van der Waals surface area (Å²) in [7, 11) is 0. The molecule has 3 nitrogen and oxygen atoms in total. The molecular formula is C17H19N3. The molecule has 0 saturated heterocycles. The van der Waals surface area contributed by atoms with Gasteiger partial charge in [-0.15, -0.1) is 0 Å². The van der Waals surface area contributed by atoms with Crippen molar-refractivity contribution in [3.8, 4) is 11.1 Å². The number of aromatic amines is 1. The number of para-hydroxylation sites is 1. The second kappa shape index (κ2) is 4.67. The SMILES string of the molecule is CCc1nc(N)cc(C)c1-c1cccc2c(C)c[nH]c12. The predicted molar refractivity (Wildman–Crippen MR) is 84.8 cm³/mol. The van der Waals surface area contributed by atoms with Gasteiger partial charge in [0.2, 0.25) is 0 Å². The maximum absolute atomic E-state index is 5.88. The number of pyridine rings is 1. The van der Waals surface area contributed by atoms with Gasteiger partial charge in [0, 0.05) is 22.7 Å². The van der Waals surface area contributed by atoms with Crippen LogP contribution in [0.3, 0.4) is 0 Å². The molecule has 3 aromatic rings. The fourth-order valence-electron chi connectivity index (χ4n) is 2.89. The van der Waals surface area contributed by atoms with Gasteiger partial charge in [0.25, 0.3) is 0 Å². The third-order valence-corrected chi connectivity index (χ3v) is 3.84. The van der Waals surface area contributed by atoms with E-state index in [0.29, 0.717) is 5.82 Å². The van der Waals surface area contributed by atoms with Gasteiger partial charge in [-0.1, -0.05) is 25.1 Å². The summed E-state index contributed by atoms with van der Waals surface area (Å²) in [6.45, 7) is 6.34. The van der Waals surface area contributed by atoms with E-state index in [-0.39, 0.29) is 0 Å². The van der Waals surface area contributed by atoms with Crippen molar-refractivity contribution in [3.05, 3.63) is 47.3 Å². The Morgan fingerprint density at radius 1 is 1.20 bits per heavy atom. The standard InChI is InChI=1S/C17H19N3/c1-4-14-16(10(2)8-15(18)20-14)13-7-5-6-12-11(3)9-19-17(12)13/h5-9,19H,4H2,1-3H3,(H2,18,20). The highest BCUT2D eigenvalue weighted by atomic mass is 14.8. The zero-order valence-electron chi connectivity index (χ0n) is 12.1.